The zero-order chi connectivity index (χ0) is 43.6. The lowest BCUT2D eigenvalue weighted by molar-refractivity contribution is -0.121. The molecule has 0 saturated carbocycles. The Kier molecular flexibility index (Phi) is 20.6. The third-order valence-corrected chi connectivity index (χ3v) is 13.6. The number of hydrogen-bond acceptors (Lipinski definition) is 17. The zero-order valence-corrected chi connectivity index (χ0v) is 35.9. The number of phosphoric acid groups is 3. The SMILES string of the molecule is C=C1NC(=O)C(C#CCNC(=O)CCCCOCSSCCNC)=CN1[C@H]1CC(OC(=O)c2ccccc2C(C)N=[N+]=[N-])[C@@H](COP(=O)(O)OP(=O)(O)OP(=O)(O)O)O1. The van der Waals surface area contributed by atoms with Crippen molar-refractivity contribution in [1.82, 2.24) is 20.9 Å². The van der Waals surface area contributed by atoms with E-state index in [4.69, 9.17) is 34.1 Å². The van der Waals surface area contributed by atoms with Crippen LogP contribution in [0.25, 0.3) is 10.4 Å². The maximum Gasteiger partial charge on any atom is 0.490 e. The van der Waals surface area contributed by atoms with E-state index < -0.39 is 66.4 Å². The van der Waals surface area contributed by atoms with Gasteiger partial charge in [0.05, 0.1) is 24.8 Å². The highest BCUT2D eigenvalue weighted by molar-refractivity contribution is 8.76. The molecule has 4 unspecified atom stereocenters. The van der Waals surface area contributed by atoms with Gasteiger partial charge in [-0.1, -0.05) is 70.2 Å². The van der Waals surface area contributed by atoms with Crippen LogP contribution in [0.2, 0.25) is 0 Å². The summed E-state index contributed by atoms with van der Waals surface area (Å²) >= 11 is 0. The minimum Gasteiger partial charge on any atom is -0.456 e. The van der Waals surface area contributed by atoms with Crippen molar-refractivity contribution in [2.24, 2.45) is 5.11 Å². The highest BCUT2D eigenvalue weighted by Gasteiger charge is 2.46. The monoisotopic (exact) mass is 927 g/mol. The normalized spacial score (nSPS) is 20.5. The molecule has 0 aliphatic carbocycles. The molecular weight excluding hydrogens is 883 g/mol. The average molecular weight is 928 g/mol. The molecule has 28 heteroatoms. The molecule has 23 nitrogen and oxygen atoms in total. The number of hydrogen-bond donors (Lipinski definition) is 7. The molecule has 0 radical (unpaired) electrons. The van der Waals surface area contributed by atoms with Crippen LogP contribution in [-0.4, -0.2) is 106 Å². The van der Waals surface area contributed by atoms with Crippen molar-refractivity contribution in [3.05, 3.63) is 70.0 Å². The molecular formula is C31H44N7O16P3S2. The summed E-state index contributed by atoms with van der Waals surface area (Å²) in [6.45, 7) is 5.71. The first kappa shape index (κ1) is 50.1. The van der Waals surface area contributed by atoms with Gasteiger partial charge in [-0.15, -0.1) is 0 Å². The molecule has 3 rings (SSSR count). The van der Waals surface area contributed by atoms with Crippen LogP contribution in [0.4, 0.5) is 0 Å². The summed E-state index contributed by atoms with van der Waals surface area (Å²) in [6.07, 6.45) is -1.30. The topological polar surface area (TPSA) is 327 Å². The Bertz CT molecular complexity index is 1960. The van der Waals surface area contributed by atoms with E-state index in [1.54, 1.807) is 27.7 Å². The summed E-state index contributed by atoms with van der Waals surface area (Å²) in [7, 11) is -11.9. The minimum atomic E-state index is -5.86. The van der Waals surface area contributed by atoms with Crippen LogP contribution in [-0.2, 0) is 50.6 Å². The maximum atomic E-state index is 13.5. The molecule has 2 amide bonds. The number of rotatable bonds is 24. The molecule has 6 atom stereocenters. The predicted octanol–water partition coefficient (Wildman–Crippen LogP) is 3.69. The molecule has 0 spiro atoms. The van der Waals surface area contributed by atoms with E-state index in [0.29, 0.717) is 31.0 Å². The van der Waals surface area contributed by atoms with Crippen molar-refractivity contribution in [2.75, 3.05) is 45.0 Å². The minimum absolute atomic E-state index is 0.00379. The van der Waals surface area contributed by atoms with Crippen LogP contribution in [0.3, 0.4) is 0 Å². The second-order valence-electron chi connectivity index (χ2n) is 12.1. The number of benzene rings is 1. The van der Waals surface area contributed by atoms with Gasteiger partial charge < -0.3 is 54.6 Å². The largest absolute Gasteiger partial charge is 0.490 e. The summed E-state index contributed by atoms with van der Waals surface area (Å²) in [5, 5.41) is 11.8. The van der Waals surface area contributed by atoms with Gasteiger partial charge in [0.2, 0.25) is 5.91 Å². The Morgan fingerprint density at radius 2 is 1.92 bits per heavy atom. The molecule has 1 aromatic carbocycles. The molecule has 0 aromatic heterocycles. The van der Waals surface area contributed by atoms with Crippen molar-refractivity contribution < 1.29 is 75.0 Å². The Morgan fingerprint density at radius 1 is 1.17 bits per heavy atom. The van der Waals surface area contributed by atoms with E-state index in [1.165, 1.54) is 36.2 Å². The third-order valence-electron chi connectivity index (χ3n) is 7.69. The Hall–Kier alpha value is -3.23. The van der Waals surface area contributed by atoms with Crippen LogP contribution in [0.5, 0.6) is 0 Å². The number of ether oxygens (including phenoxy) is 3. The van der Waals surface area contributed by atoms with Gasteiger partial charge in [-0.2, -0.15) is 8.62 Å². The number of nitrogens with zero attached hydrogens (tertiary/aromatic N) is 4. The van der Waals surface area contributed by atoms with Gasteiger partial charge in [0.15, 0.2) is 0 Å². The lowest BCUT2D eigenvalue weighted by Crippen LogP contribution is -2.43. The van der Waals surface area contributed by atoms with Gasteiger partial charge in [0, 0.05) is 42.9 Å². The van der Waals surface area contributed by atoms with Gasteiger partial charge in [0.1, 0.15) is 35.8 Å². The van der Waals surface area contributed by atoms with Gasteiger partial charge in [-0.3, -0.25) is 14.1 Å². The first-order chi connectivity index (χ1) is 27.8. The average Bonchev–Trinajstić information content (AvgIpc) is 3.54. The highest BCUT2D eigenvalue weighted by Crippen LogP contribution is 2.66. The molecule has 59 heavy (non-hydrogen) atoms. The van der Waals surface area contributed by atoms with Gasteiger partial charge in [-0.25, -0.2) is 18.5 Å². The fraction of sp³-hybridized carbons (Fsp3) is 0.516. The number of esters is 1. The van der Waals surface area contributed by atoms with Gasteiger partial charge in [0.25, 0.3) is 5.91 Å². The van der Waals surface area contributed by atoms with E-state index in [9.17, 15) is 37.9 Å². The molecule has 0 bridgehead atoms. The Morgan fingerprint density at radius 3 is 2.63 bits per heavy atom. The van der Waals surface area contributed by atoms with Crippen LogP contribution in [0.15, 0.2) is 53.6 Å². The fourth-order valence-electron chi connectivity index (χ4n) is 5.08. The lowest BCUT2D eigenvalue weighted by Gasteiger charge is -2.32. The molecule has 2 aliphatic heterocycles. The number of carbonyl (C=O) groups excluding carboxylic acids is 3. The van der Waals surface area contributed by atoms with Crippen LogP contribution in [0, 0.1) is 11.8 Å². The van der Waals surface area contributed by atoms with Crippen molar-refractivity contribution in [1.29, 1.82) is 0 Å². The van der Waals surface area contributed by atoms with Crippen LogP contribution >= 0.6 is 45.1 Å². The maximum absolute atomic E-state index is 13.5. The first-order valence-corrected chi connectivity index (χ1v) is 24.4. The molecule has 1 fully saturated rings. The molecule has 2 aliphatic rings. The Labute approximate surface area is 346 Å². The number of amides is 2. The molecule has 2 heterocycles. The molecule has 326 valence electrons. The van der Waals surface area contributed by atoms with Crippen LogP contribution < -0.4 is 16.0 Å². The van der Waals surface area contributed by atoms with E-state index in [-0.39, 0.29) is 42.3 Å². The van der Waals surface area contributed by atoms with Crippen molar-refractivity contribution in [3.8, 4) is 11.8 Å². The molecule has 1 saturated heterocycles. The number of azide groups is 1. The molecule has 7 N–H and O–H groups in total. The lowest BCUT2D eigenvalue weighted by atomic mass is 10.0. The number of nitrogens with one attached hydrogen (secondary N) is 3. The van der Waals surface area contributed by atoms with Gasteiger partial charge >= 0.3 is 29.4 Å². The van der Waals surface area contributed by atoms with E-state index in [0.717, 1.165) is 12.3 Å². The summed E-state index contributed by atoms with van der Waals surface area (Å²) in [5.74, 6) is 5.05. The van der Waals surface area contributed by atoms with Crippen molar-refractivity contribution in [3.63, 3.8) is 0 Å². The predicted molar refractivity (Wildman–Crippen MR) is 213 cm³/mol. The summed E-state index contributed by atoms with van der Waals surface area (Å²) in [6, 6.07) is 5.25. The second kappa shape index (κ2) is 24.3. The quantitative estimate of drug-likeness (QED) is 0.00894. The summed E-state index contributed by atoms with van der Waals surface area (Å²) in [5.41, 5.74) is 9.13. The summed E-state index contributed by atoms with van der Waals surface area (Å²) in [4.78, 5) is 79.9. The second-order valence-corrected chi connectivity index (χ2v) is 19.1. The standard InChI is InChI=1S/C31H44N7O16P3S2/c1-21(36-37-32)24-10-4-5-11-25(24)31(41)52-26-17-29(51-27(26)19-50-56(45,46)54-57(47,48)53-55(42,43)44)38-18-23(30(40)35-22(38)2)9-8-13-34-28(39)12-6-7-15-49-20-59-58-16-14-33-3/h4-5,10-11,18,21,26-27,29,33H,2,6-7,12-17,19-20H2,1,3H3,(H,34,39)(H,35,40)(H,45,46)(H,47,48)(H2,42,43,44)/t21?,26?,27-,29-/m1/s1. The molecule has 1 aromatic rings. The Balaban J connectivity index is 1.70. The smallest absolute Gasteiger partial charge is 0.456 e. The summed E-state index contributed by atoms with van der Waals surface area (Å²) < 4.78 is 65.0. The highest BCUT2D eigenvalue weighted by atomic mass is 33.1. The zero-order valence-electron chi connectivity index (χ0n) is 31.6. The van der Waals surface area contributed by atoms with E-state index in [2.05, 4.69) is 53.0 Å². The first-order valence-electron chi connectivity index (χ1n) is 17.4. The van der Waals surface area contributed by atoms with Crippen molar-refractivity contribution in [2.45, 2.75) is 57.1 Å². The number of carbonyl (C=O) groups is 3. The van der Waals surface area contributed by atoms with E-state index in [1.807, 2.05) is 7.05 Å². The third kappa shape index (κ3) is 18.1. The van der Waals surface area contributed by atoms with Gasteiger partial charge in [-0.05, 0) is 37.1 Å². The van der Waals surface area contributed by atoms with E-state index >= 15 is 0 Å². The fourth-order valence-corrected chi connectivity index (χ4v) is 9.78. The number of unbranched alkanes of at least 4 members (excludes halogenated alkanes) is 1. The van der Waals surface area contributed by atoms with Crippen molar-refractivity contribution >= 4 is 62.8 Å². The van der Waals surface area contributed by atoms with Crippen LogP contribution in [0.1, 0.15) is 54.6 Å². The number of phosphoric ester groups is 1.